The highest BCUT2D eigenvalue weighted by Gasteiger charge is 2.11. The molecule has 2 aromatic carbocycles. The molecule has 0 aliphatic heterocycles. The van der Waals surface area contributed by atoms with Gasteiger partial charge in [-0.2, -0.15) is 0 Å². The second-order valence-electron chi connectivity index (χ2n) is 6.51. The molecule has 0 aliphatic rings. The van der Waals surface area contributed by atoms with Gasteiger partial charge in [0.1, 0.15) is 5.01 Å². The average molecular weight is 427 g/mol. The van der Waals surface area contributed by atoms with Gasteiger partial charge in [-0.1, -0.05) is 12.1 Å². The van der Waals surface area contributed by atoms with Crippen LogP contribution in [0.25, 0.3) is 22.4 Å². The van der Waals surface area contributed by atoms with Crippen LogP contribution in [0.2, 0.25) is 0 Å². The summed E-state index contributed by atoms with van der Waals surface area (Å²) in [7, 11) is 3.34. The van der Waals surface area contributed by atoms with E-state index in [1.807, 2.05) is 31.2 Å². The van der Waals surface area contributed by atoms with Crippen LogP contribution in [0.1, 0.15) is 17.5 Å². The number of nitrogens with zero attached hydrogens (tertiary/aromatic N) is 3. The summed E-state index contributed by atoms with van der Waals surface area (Å²) in [5, 5.41) is 11.7. The molecule has 0 spiro atoms. The van der Waals surface area contributed by atoms with Crippen LogP contribution in [0.15, 0.2) is 36.4 Å². The van der Waals surface area contributed by atoms with Crippen LogP contribution in [0.5, 0.6) is 11.5 Å². The van der Waals surface area contributed by atoms with Crippen molar-refractivity contribution in [2.75, 3.05) is 27.3 Å². The Hall–Kier alpha value is -3.46. The van der Waals surface area contributed by atoms with Crippen molar-refractivity contribution >= 4 is 45.3 Å². The lowest BCUT2D eigenvalue weighted by molar-refractivity contribution is -0.384. The van der Waals surface area contributed by atoms with E-state index >= 15 is 0 Å². The van der Waals surface area contributed by atoms with E-state index in [0.717, 1.165) is 15.3 Å². The zero-order valence-corrected chi connectivity index (χ0v) is 17.6. The average Bonchev–Trinajstić information content (AvgIpc) is 3.13. The van der Waals surface area contributed by atoms with Gasteiger partial charge in [0.2, 0.25) is 0 Å². The molecule has 0 fully saturated rings. The quantitative estimate of drug-likeness (QED) is 0.394. The number of ether oxygens (including phenoxy) is 2. The molecule has 0 saturated heterocycles. The number of likely N-dealkylation sites (N-methyl/N-ethyl adjacent to an activating group) is 1. The van der Waals surface area contributed by atoms with Gasteiger partial charge in [-0.15, -0.1) is 11.3 Å². The van der Waals surface area contributed by atoms with Crippen molar-refractivity contribution < 1.29 is 19.2 Å². The maximum absolute atomic E-state index is 11.7. The van der Waals surface area contributed by atoms with Gasteiger partial charge in [0.25, 0.3) is 11.6 Å². The summed E-state index contributed by atoms with van der Waals surface area (Å²) in [5.41, 5.74) is 1.49. The zero-order valence-electron chi connectivity index (χ0n) is 16.8. The first kappa shape index (κ1) is 21.3. The van der Waals surface area contributed by atoms with Crippen LogP contribution in [0.3, 0.4) is 0 Å². The van der Waals surface area contributed by atoms with Crippen molar-refractivity contribution in [3.8, 4) is 11.5 Å². The van der Waals surface area contributed by atoms with E-state index in [9.17, 15) is 14.9 Å². The molecule has 8 nitrogen and oxygen atoms in total. The first-order valence-electron chi connectivity index (χ1n) is 9.20. The smallest absolute Gasteiger partial charge is 0.271 e. The van der Waals surface area contributed by atoms with Gasteiger partial charge in [0.05, 0.1) is 21.7 Å². The van der Waals surface area contributed by atoms with E-state index < -0.39 is 4.92 Å². The molecule has 1 amide bonds. The molecular weight excluding hydrogens is 406 g/mol. The number of non-ortho nitro benzene ring substituents is 1. The van der Waals surface area contributed by atoms with Gasteiger partial charge in [-0.25, -0.2) is 4.98 Å². The van der Waals surface area contributed by atoms with Gasteiger partial charge >= 0.3 is 0 Å². The number of thiazole rings is 1. The number of carbonyl (C=O) groups excluding carboxylic acids is 1. The summed E-state index contributed by atoms with van der Waals surface area (Å²) in [6, 6.07) is 10.1. The number of hydrogen-bond donors (Lipinski definition) is 0. The van der Waals surface area contributed by atoms with Crippen LogP contribution in [-0.2, 0) is 4.79 Å². The van der Waals surface area contributed by atoms with E-state index in [2.05, 4.69) is 4.98 Å². The van der Waals surface area contributed by atoms with E-state index in [1.165, 1.54) is 28.4 Å². The number of amides is 1. The molecule has 30 heavy (non-hydrogen) atoms. The lowest BCUT2D eigenvalue weighted by Gasteiger charge is -2.14. The highest BCUT2D eigenvalue weighted by atomic mass is 32.1. The molecule has 0 atom stereocenters. The van der Waals surface area contributed by atoms with Crippen molar-refractivity contribution in [1.82, 2.24) is 9.88 Å². The largest absolute Gasteiger partial charge is 0.490 e. The SMILES string of the molecule is CCOc1cc(/C=C\c2nc3cc([N+](=O)[O-])ccc3s2)ccc1OCC(=O)N(C)C. The number of fused-ring (bicyclic) bond motifs is 1. The Balaban J connectivity index is 1.79. The molecule has 1 aromatic heterocycles. The Labute approximate surface area is 177 Å². The first-order valence-corrected chi connectivity index (χ1v) is 10.0. The minimum atomic E-state index is -0.431. The predicted octanol–water partition coefficient (Wildman–Crippen LogP) is 4.24. The van der Waals surface area contributed by atoms with Crippen molar-refractivity contribution in [3.05, 3.63) is 57.1 Å². The minimum absolute atomic E-state index is 0.0213. The second-order valence-corrected chi connectivity index (χ2v) is 7.57. The second kappa shape index (κ2) is 9.36. The predicted molar refractivity (Wildman–Crippen MR) is 117 cm³/mol. The zero-order chi connectivity index (χ0) is 21.7. The lowest BCUT2D eigenvalue weighted by atomic mass is 10.2. The highest BCUT2D eigenvalue weighted by molar-refractivity contribution is 7.19. The molecule has 0 bridgehead atoms. The third-order valence-electron chi connectivity index (χ3n) is 4.13. The van der Waals surface area contributed by atoms with Crippen LogP contribution >= 0.6 is 11.3 Å². The summed E-state index contributed by atoms with van der Waals surface area (Å²) in [6.07, 6.45) is 3.72. The van der Waals surface area contributed by atoms with Crippen molar-refractivity contribution in [3.63, 3.8) is 0 Å². The Morgan fingerprint density at radius 3 is 2.67 bits per heavy atom. The molecule has 0 saturated carbocycles. The van der Waals surface area contributed by atoms with Gasteiger partial charge in [0.15, 0.2) is 18.1 Å². The molecule has 0 aliphatic carbocycles. The Morgan fingerprint density at radius 2 is 1.97 bits per heavy atom. The number of aromatic nitrogens is 1. The van der Waals surface area contributed by atoms with Crippen LogP contribution < -0.4 is 9.47 Å². The Kier molecular flexibility index (Phi) is 6.63. The van der Waals surface area contributed by atoms with Crippen LogP contribution in [-0.4, -0.2) is 48.0 Å². The monoisotopic (exact) mass is 427 g/mol. The van der Waals surface area contributed by atoms with E-state index in [4.69, 9.17) is 9.47 Å². The molecule has 9 heteroatoms. The fourth-order valence-corrected chi connectivity index (χ4v) is 3.42. The van der Waals surface area contributed by atoms with Crippen LogP contribution in [0.4, 0.5) is 5.69 Å². The molecule has 0 N–H and O–H groups in total. The lowest BCUT2D eigenvalue weighted by Crippen LogP contribution is -2.27. The molecule has 0 unspecified atom stereocenters. The maximum Gasteiger partial charge on any atom is 0.271 e. The summed E-state index contributed by atoms with van der Waals surface area (Å²) >= 11 is 1.45. The van der Waals surface area contributed by atoms with Gasteiger partial charge in [0, 0.05) is 26.2 Å². The van der Waals surface area contributed by atoms with Crippen LogP contribution in [0, 0.1) is 10.1 Å². The van der Waals surface area contributed by atoms with Gasteiger partial charge in [-0.3, -0.25) is 14.9 Å². The minimum Gasteiger partial charge on any atom is -0.490 e. The summed E-state index contributed by atoms with van der Waals surface area (Å²) in [6.45, 7) is 2.26. The van der Waals surface area contributed by atoms with Crippen molar-refractivity contribution in [2.24, 2.45) is 0 Å². The molecule has 156 valence electrons. The maximum atomic E-state index is 11.7. The van der Waals surface area contributed by atoms with Crippen molar-refractivity contribution in [1.29, 1.82) is 0 Å². The summed E-state index contributed by atoms with van der Waals surface area (Å²) < 4.78 is 12.1. The third kappa shape index (κ3) is 5.12. The fourth-order valence-electron chi connectivity index (χ4n) is 2.57. The fraction of sp³-hybridized carbons (Fsp3) is 0.238. The topological polar surface area (TPSA) is 94.8 Å². The number of carbonyl (C=O) groups is 1. The van der Waals surface area contributed by atoms with E-state index in [0.29, 0.717) is 23.6 Å². The molecule has 3 aromatic rings. The number of nitro groups is 1. The molecular formula is C21H21N3O5S. The van der Waals surface area contributed by atoms with E-state index in [-0.39, 0.29) is 18.2 Å². The van der Waals surface area contributed by atoms with Crippen molar-refractivity contribution in [2.45, 2.75) is 6.92 Å². The summed E-state index contributed by atoms with van der Waals surface area (Å²) in [5.74, 6) is 0.903. The number of rotatable bonds is 8. The van der Waals surface area contributed by atoms with Gasteiger partial charge in [-0.05, 0) is 36.8 Å². The molecule has 1 heterocycles. The Morgan fingerprint density at radius 1 is 1.17 bits per heavy atom. The number of hydrogen-bond acceptors (Lipinski definition) is 7. The normalized spacial score (nSPS) is 11.0. The van der Waals surface area contributed by atoms with E-state index in [1.54, 1.807) is 26.2 Å². The standard InChI is InChI=1S/C21H21N3O5S/c1-4-28-18-11-14(5-8-17(18)29-13-21(25)23(2)3)6-10-20-22-16-12-15(24(26)27)7-9-19(16)30-20/h5-12H,4,13H2,1-3H3/b10-6-. The number of benzene rings is 2. The molecule has 3 rings (SSSR count). The number of nitro benzene ring substituents is 1. The van der Waals surface area contributed by atoms with Gasteiger partial charge < -0.3 is 14.4 Å². The molecule has 0 radical (unpaired) electrons. The third-order valence-corrected chi connectivity index (χ3v) is 5.14. The Bertz CT molecular complexity index is 1110. The first-order chi connectivity index (χ1) is 14.4. The highest BCUT2D eigenvalue weighted by Crippen LogP contribution is 2.30. The summed E-state index contributed by atoms with van der Waals surface area (Å²) in [4.78, 5) is 28.1.